The number of pyridine rings is 1. The van der Waals surface area contributed by atoms with E-state index in [-0.39, 0.29) is 0 Å². The lowest BCUT2D eigenvalue weighted by molar-refractivity contribution is 1.14. The van der Waals surface area contributed by atoms with E-state index < -0.39 is 0 Å². The van der Waals surface area contributed by atoms with Crippen molar-refractivity contribution >= 4 is 28.3 Å². The number of hydrogen-bond donors (Lipinski definition) is 0. The fraction of sp³-hybridized carbons (Fsp3) is 0.100. The Bertz CT molecular complexity index is 1100. The van der Waals surface area contributed by atoms with Crippen LogP contribution in [0.3, 0.4) is 0 Å². The Balaban J connectivity index is 2.25. The Morgan fingerprint density at radius 3 is 2.58 bits per heavy atom. The zero-order chi connectivity index (χ0) is 16.7. The van der Waals surface area contributed by atoms with Gasteiger partial charge in [-0.1, -0.05) is 54.9 Å². The molecule has 0 fully saturated rings. The van der Waals surface area contributed by atoms with Crippen LogP contribution in [-0.2, 0) is 6.42 Å². The normalized spacial score (nSPS) is 11.0. The molecule has 2 heterocycles. The minimum Gasteiger partial charge on any atom is -0.298 e. The van der Waals surface area contributed by atoms with Gasteiger partial charge in [-0.2, -0.15) is 5.26 Å². The van der Waals surface area contributed by atoms with E-state index in [0.29, 0.717) is 16.1 Å². The van der Waals surface area contributed by atoms with Gasteiger partial charge in [0.25, 0.3) is 0 Å². The van der Waals surface area contributed by atoms with Gasteiger partial charge >= 0.3 is 0 Å². The number of fused-ring (bicyclic) bond motifs is 3. The molecule has 0 amide bonds. The molecule has 0 saturated heterocycles. The number of nitrogens with zero attached hydrogens (tertiary/aromatic N) is 3. The van der Waals surface area contributed by atoms with Crippen molar-refractivity contribution in [3.63, 3.8) is 0 Å². The zero-order valence-electron chi connectivity index (χ0n) is 13.1. The molecular weight excluding hydrogens is 318 g/mol. The first-order valence-corrected chi connectivity index (χ1v) is 8.20. The summed E-state index contributed by atoms with van der Waals surface area (Å²) >= 11 is 6.78. The van der Waals surface area contributed by atoms with Crippen molar-refractivity contribution in [1.29, 1.82) is 5.26 Å². The molecule has 0 aliphatic carbocycles. The van der Waals surface area contributed by atoms with E-state index in [0.717, 1.165) is 34.3 Å². The molecule has 0 radical (unpaired) electrons. The van der Waals surface area contributed by atoms with Crippen molar-refractivity contribution in [3.8, 4) is 17.2 Å². The second-order valence-corrected chi connectivity index (χ2v) is 5.99. The lowest BCUT2D eigenvalue weighted by Crippen LogP contribution is -1.97. The van der Waals surface area contributed by atoms with Crippen LogP contribution in [0.5, 0.6) is 0 Å². The SMILES string of the molecule is CCc1c(-c2ccccc2)c(C#N)c2nc3ccccn3c2c1Cl. The standard InChI is InChI=1S/C20H14ClN3/c1-2-14-17(13-8-4-3-5-9-13)15(12-22)19-20(18(14)21)24-11-7-6-10-16(24)23-19/h3-11H,2H2,1H3. The second kappa shape index (κ2) is 5.67. The maximum Gasteiger partial charge on any atom is 0.138 e. The molecule has 0 N–H and O–H groups in total. The third-order valence-corrected chi connectivity index (χ3v) is 4.73. The molecule has 0 atom stereocenters. The third kappa shape index (κ3) is 2.01. The summed E-state index contributed by atoms with van der Waals surface area (Å²) in [6, 6.07) is 18.1. The highest BCUT2D eigenvalue weighted by molar-refractivity contribution is 6.37. The third-order valence-electron chi connectivity index (χ3n) is 4.32. The molecule has 4 rings (SSSR count). The van der Waals surface area contributed by atoms with Crippen LogP contribution in [0, 0.1) is 11.3 Å². The smallest absolute Gasteiger partial charge is 0.138 e. The predicted molar refractivity (Wildman–Crippen MR) is 97.2 cm³/mol. The van der Waals surface area contributed by atoms with Crippen LogP contribution in [0.25, 0.3) is 27.8 Å². The molecule has 2 aromatic heterocycles. The summed E-state index contributed by atoms with van der Waals surface area (Å²) in [4.78, 5) is 4.66. The van der Waals surface area contributed by atoms with Crippen LogP contribution in [0.1, 0.15) is 18.1 Å². The molecule has 2 aromatic carbocycles. The number of rotatable bonds is 2. The van der Waals surface area contributed by atoms with E-state index in [4.69, 9.17) is 11.6 Å². The lowest BCUT2D eigenvalue weighted by Gasteiger charge is -2.14. The molecule has 0 spiro atoms. The number of benzene rings is 2. The fourth-order valence-electron chi connectivity index (χ4n) is 3.27. The van der Waals surface area contributed by atoms with Gasteiger partial charge in [0.05, 0.1) is 16.1 Å². The average molecular weight is 332 g/mol. The number of halogens is 1. The minimum atomic E-state index is 0.584. The highest BCUT2D eigenvalue weighted by Crippen LogP contribution is 2.39. The molecule has 0 aliphatic rings. The molecule has 0 bridgehead atoms. The van der Waals surface area contributed by atoms with Crippen molar-refractivity contribution in [2.45, 2.75) is 13.3 Å². The summed E-state index contributed by atoms with van der Waals surface area (Å²) in [7, 11) is 0. The number of aromatic nitrogens is 2. The highest BCUT2D eigenvalue weighted by Gasteiger charge is 2.22. The van der Waals surface area contributed by atoms with E-state index in [2.05, 4.69) is 18.0 Å². The van der Waals surface area contributed by atoms with Gasteiger partial charge in [0.1, 0.15) is 17.2 Å². The van der Waals surface area contributed by atoms with Crippen LogP contribution in [0.15, 0.2) is 54.7 Å². The Morgan fingerprint density at radius 1 is 1.12 bits per heavy atom. The monoisotopic (exact) mass is 331 g/mol. The van der Waals surface area contributed by atoms with Crippen molar-refractivity contribution in [3.05, 3.63) is 70.9 Å². The van der Waals surface area contributed by atoms with Gasteiger partial charge in [-0.15, -0.1) is 0 Å². The predicted octanol–water partition coefficient (Wildman–Crippen LogP) is 5.24. The Labute approximate surface area is 144 Å². The Morgan fingerprint density at radius 2 is 1.88 bits per heavy atom. The van der Waals surface area contributed by atoms with Gasteiger partial charge in [-0.25, -0.2) is 4.98 Å². The second-order valence-electron chi connectivity index (χ2n) is 5.61. The number of hydrogen-bond acceptors (Lipinski definition) is 2. The van der Waals surface area contributed by atoms with E-state index in [9.17, 15) is 5.26 Å². The largest absolute Gasteiger partial charge is 0.298 e. The summed E-state index contributed by atoms with van der Waals surface area (Å²) < 4.78 is 1.95. The summed E-state index contributed by atoms with van der Waals surface area (Å²) in [5.74, 6) is 0. The van der Waals surface area contributed by atoms with Crippen molar-refractivity contribution in [1.82, 2.24) is 9.38 Å². The lowest BCUT2D eigenvalue weighted by atomic mass is 9.92. The molecule has 0 aliphatic heterocycles. The first-order valence-electron chi connectivity index (χ1n) is 7.83. The summed E-state index contributed by atoms with van der Waals surface area (Å²) in [5, 5.41) is 10.5. The first kappa shape index (κ1) is 14.7. The summed E-state index contributed by atoms with van der Waals surface area (Å²) in [6.07, 6.45) is 2.67. The molecule has 4 aromatic rings. The molecular formula is C20H14ClN3. The van der Waals surface area contributed by atoms with Crippen LogP contribution < -0.4 is 0 Å². The van der Waals surface area contributed by atoms with E-state index in [1.165, 1.54) is 0 Å². The van der Waals surface area contributed by atoms with E-state index in [1.807, 2.05) is 59.1 Å². The van der Waals surface area contributed by atoms with Gasteiger partial charge in [-0.05, 0) is 29.7 Å². The van der Waals surface area contributed by atoms with Crippen LogP contribution in [0.2, 0.25) is 5.02 Å². The van der Waals surface area contributed by atoms with Crippen molar-refractivity contribution in [2.75, 3.05) is 0 Å². The van der Waals surface area contributed by atoms with Crippen LogP contribution in [0.4, 0.5) is 0 Å². The first-order chi connectivity index (χ1) is 11.8. The number of imidazole rings is 1. The molecule has 24 heavy (non-hydrogen) atoms. The van der Waals surface area contributed by atoms with Gasteiger partial charge in [0.15, 0.2) is 0 Å². The van der Waals surface area contributed by atoms with Gasteiger partial charge in [0, 0.05) is 11.8 Å². The van der Waals surface area contributed by atoms with E-state index in [1.54, 1.807) is 0 Å². The highest BCUT2D eigenvalue weighted by atomic mass is 35.5. The molecule has 0 unspecified atom stereocenters. The molecule has 116 valence electrons. The molecule has 3 nitrogen and oxygen atoms in total. The summed E-state index contributed by atoms with van der Waals surface area (Å²) in [6.45, 7) is 2.06. The maximum absolute atomic E-state index is 9.87. The number of nitriles is 1. The average Bonchev–Trinajstić information content (AvgIpc) is 3.02. The zero-order valence-corrected chi connectivity index (χ0v) is 13.9. The van der Waals surface area contributed by atoms with E-state index >= 15 is 0 Å². The molecule has 0 saturated carbocycles. The Kier molecular flexibility index (Phi) is 3.48. The Hall–Kier alpha value is -2.83. The van der Waals surface area contributed by atoms with Crippen LogP contribution in [-0.4, -0.2) is 9.38 Å². The quantitative estimate of drug-likeness (QED) is 0.504. The minimum absolute atomic E-state index is 0.584. The maximum atomic E-state index is 9.87. The topological polar surface area (TPSA) is 41.1 Å². The summed E-state index contributed by atoms with van der Waals surface area (Å²) in [5.41, 5.74) is 5.70. The van der Waals surface area contributed by atoms with Crippen molar-refractivity contribution in [2.24, 2.45) is 0 Å². The van der Waals surface area contributed by atoms with Gasteiger partial charge < -0.3 is 0 Å². The van der Waals surface area contributed by atoms with Gasteiger partial charge in [-0.3, -0.25) is 4.40 Å². The van der Waals surface area contributed by atoms with Gasteiger partial charge in [0.2, 0.25) is 0 Å². The molecule has 4 heteroatoms. The van der Waals surface area contributed by atoms with Crippen molar-refractivity contribution < 1.29 is 0 Å². The van der Waals surface area contributed by atoms with Crippen LogP contribution >= 0.6 is 11.6 Å². The fourth-order valence-corrected chi connectivity index (χ4v) is 3.67.